The van der Waals surface area contributed by atoms with Gasteiger partial charge in [-0.3, -0.25) is 4.79 Å². The minimum Gasteiger partial charge on any atom is -0.469 e. The fourth-order valence-corrected chi connectivity index (χ4v) is 1.73. The van der Waals surface area contributed by atoms with Crippen molar-refractivity contribution in [2.45, 2.75) is 18.2 Å². The average molecular weight is 207 g/mol. The average Bonchev–Trinajstić information content (AvgIpc) is 2.64. The van der Waals surface area contributed by atoms with Gasteiger partial charge in [0.1, 0.15) is 0 Å². The Morgan fingerprint density at radius 3 is 2.70 bits per heavy atom. The van der Waals surface area contributed by atoms with E-state index in [0.717, 1.165) is 6.42 Å². The summed E-state index contributed by atoms with van der Waals surface area (Å²) in [5, 5.41) is 0. The van der Waals surface area contributed by atoms with Gasteiger partial charge in [0.25, 0.3) is 0 Å². The van der Waals surface area contributed by atoms with Gasteiger partial charge in [0.05, 0.1) is 13.0 Å². The van der Waals surface area contributed by atoms with Crippen LogP contribution in [0.25, 0.3) is 0 Å². The molecule has 10 heavy (non-hydrogen) atoms. The number of halogens is 1. The van der Waals surface area contributed by atoms with Crippen LogP contribution >= 0.6 is 15.9 Å². The minimum atomic E-state index is -0.0590. The molecule has 0 aromatic carbocycles. The molecule has 3 atom stereocenters. The molecule has 1 fully saturated rings. The van der Waals surface area contributed by atoms with Gasteiger partial charge in [0.15, 0.2) is 0 Å². The fourth-order valence-electron chi connectivity index (χ4n) is 1.14. The lowest BCUT2D eigenvalue weighted by Crippen LogP contribution is -2.07. The van der Waals surface area contributed by atoms with Crippen LogP contribution in [0.2, 0.25) is 0 Å². The van der Waals surface area contributed by atoms with Crippen molar-refractivity contribution in [3.8, 4) is 0 Å². The van der Waals surface area contributed by atoms with Gasteiger partial charge in [-0.1, -0.05) is 22.9 Å². The minimum absolute atomic E-state index is 0.0590. The SMILES string of the molecule is COC(=O)C1CC1C(C)Br. The van der Waals surface area contributed by atoms with Crippen molar-refractivity contribution in [3.63, 3.8) is 0 Å². The van der Waals surface area contributed by atoms with Crippen molar-refractivity contribution in [1.29, 1.82) is 0 Å². The number of esters is 1. The third-order valence-electron chi connectivity index (χ3n) is 1.93. The molecule has 1 saturated carbocycles. The molecular weight excluding hydrogens is 196 g/mol. The van der Waals surface area contributed by atoms with E-state index in [4.69, 9.17) is 0 Å². The van der Waals surface area contributed by atoms with Crippen LogP contribution in [0.5, 0.6) is 0 Å². The van der Waals surface area contributed by atoms with Gasteiger partial charge in [-0.2, -0.15) is 0 Å². The summed E-state index contributed by atoms with van der Waals surface area (Å²) in [6.45, 7) is 2.06. The third-order valence-corrected chi connectivity index (χ3v) is 2.61. The molecule has 1 aliphatic carbocycles. The maximum absolute atomic E-state index is 10.8. The number of hydrogen-bond acceptors (Lipinski definition) is 2. The second kappa shape index (κ2) is 2.91. The molecule has 3 unspecified atom stereocenters. The Labute approximate surface area is 69.1 Å². The summed E-state index contributed by atoms with van der Waals surface area (Å²) in [6.07, 6.45) is 0.985. The molecule has 0 bridgehead atoms. The first kappa shape index (κ1) is 8.05. The highest BCUT2D eigenvalue weighted by Crippen LogP contribution is 2.44. The summed E-state index contributed by atoms with van der Waals surface area (Å²) >= 11 is 3.43. The van der Waals surface area contributed by atoms with Crippen LogP contribution in [0.4, 0.5) is 0 Å². The molecule has 0 aromatic rings. The van der Waals surface area contributed by atoms with Crippen molar-refractivity contribution in [2.24, 2.45) is 11.8 Å². The first-order valence-electron chi connectivity index (χ1n) is 3.38. The van der Waals surface area contributed by atoms with Gasteiger partial charge in [0, 0.05) is 4.83 Å². The van der Waals surface area contributed by atoms with Crippen molar-refractivity contribution in [3.05, 3.63) is 0 Å². The van der Waals surface area contributed by atoms with Gasteiger partial charge in [0.2, 0.25) is 0 Å². The smallest absolute Gasteiger partial charge is 0.308 e. The van der Waals surface area contributed by atoms with E-state index in [1.54, 1.807) is 0 Å². The van der Waals surface area contributed by atoms with Crippen LogP contribution in [-0.4, -0.2) is 17.9 Å². The van der Waals surface area contributed by atoms with Gasteiger partial charge in [-0.05, 0) is 12.3 Å². The highest BCUT2D eigenvalue weighted by molar-refractivity contribution is 9.09. The van der Waals surface area contributed by atoms with Crippen LogP contribution in [0.15, 0.2) is 0 Å². The second-order valence-electron chi connectivity index (χ2n) is 2.71. The van der Waals surface area contributed by atoms with Gasteiger partial charge < -0.3 is 4.74 Å². The van der Waals surface area contributed by atoms with Gasteiger partial charge >= 0.3 is 5.97 Å². The number of alkyl halides is 1. The summed E-state index contributed by atoms with van der Waals surface area (Å²) in [6, 6.07) is 0. The predicted molar refractivity (Wildman–Crippen MR) is 42.0 cm³/mol. The molecule has 0 N–H and O–H groups in total. The third kappa shape index (κ3) is 1.51. The molecule has 2 nitrogen and oxygen atoms in total. The van der Waals surface area contributed by atoms with E-state index < -0.39 is 0 Å². The summed E-state index contributed by atoms with van der Waals surface area (Å²) in [5.74, 6) is 0.614. The molecule has 0 saturated heterocycles. The molecule has 58 valence electrons. The Morgan fingerprint density at radius 2 is 2.40 bits per heavy atom. The van der Waals surface area contributed by atoms with E-state index >= 15 is 0 Å². The maximum Gasteiger partial charge on any atom is 0.308 e. The molecule has 0 radical (unpaired) electrons. The highest BCUT2D eigenvalue weighted by Gasteiger charge is 2.46. The number of hydrogen-bond donors (Lipinski definition) is 0. The Morgan fingerprint density at radius 1 is 1.80 bits per heavy atom. The fraction of sp³-hybridized carbons (Fsp3) is 0.857. The number of rotatable bonds is 2. The summed E-state index contributed by atoms with van der Waals surface area (Å²) < 4.78 is 4.59. The zero-order chi connectivity index (χ0) is 7.72. The zero-order valence-electron chi connectivity index (χ0n) is 6.13. The Bertz CT molecular complexity index is 145. The molecule has 0 aliphatic heterocycles. The molecule has 3 heteroatoms. The van der Waals surface area contributed by atoms with Crippen LogP contribution < -0.4 is 0 Å². The van der Waals surface area contributed by atoms with E-state index in [1.165, 1.54) is 7.11 Å². The molecule has 1 aliphatic rings. The highest BCUT2D eigenvalue weighted by atomic mass is 79.9. The lowest BCUT2D eigenvalue weighted by Gasteiger charge is -1.99. The quantitative estimate of drug-likeness (QED) is 0.507. The largest absolute Gasteiger partial charge is 0.469 e. The first-order chi connectivity index (χ1) is 4.66. The first-order valence-corrected chi connectivity index (χ1v) is 4.30. The Hall–Kier alpha value is -0.0500. The maximum atomic E-state index is 10.8. The van der Waals surface area contributed by atoms with Crippen LogP contribution in [0.3, 0.4) is 0 Å². The zero-order valence-corrected chi connectivity index (χ0v) is 7.72. The number of methoxy groups -OCH3 is 1. The van der Waals surface area contributed by atoms with Crippen LogP contribution in [0, 0.1) is 11.8 Å². The Balaban J connectivity index is 2.31. The molecule has 0 heterocycles. The lowest BCUT2D eigenvalue weighted by atomic mass is 10.2. The summed E-state index contributed by atoms with van der Waals surface area (Å²) in [7, 11) is 1.44. The summed E-state index contributed by atoms with van der Waals surface area (Å²) in [4.78, 5) is 11.3. The van der Waals surface area contributed by atoms with Gasteiger partial charge in [-0.15, -0.1) is 0 Å². The number of ether oxygens (including phenoxy) is 1. The van der Waals surface area contributed by atoms with Crippen molar-refractivity contribution in [2.75, 3.05) is 7.11 Å². The van der Waals surface area contributed by atoms with Crippen molar-refractivity contribution in [1.82, 2.24) is 0 Å². The van der Waals surface area contributed by atoms with E-state index in [1.807, 2.05) is 0 Å². The molecule has 1 rings (SSSR count). The number of carbonyl (C=O) groups is 1. The van der Waals surface area contributed by atoms with Crippen LogP contribution in [0.1, 0.15) is 13.3 Å². The second-order valence-corrected chi connectivity index (χ2v) is 4.15. The normalized spacial score (nSPS) is 33.1. The predicted octanol–water partition coefficient (Wildman–Crippen LogP) is 1.58. The molecule has 0 aromatic heterocycles. The van der Waals surface area contributed by atoms with E-state index in [9.17, 15) is 4.79 Å². The Kier molecular flexibility index (Phi) is 2.34. The molecule has 0 amide bonds. The van der Waals surface area contributed by atoms with Crippen molar-refractivity contribution >= 4 is 21.9 Å². The van der Waals surface area contributed by atoms with E-state index in [2.05, 4.69) is 27.6 Å². The van der Waals surface area contributed by atoms with E-state index in [-0.39, 0.29) is 11.9 Å². The standard InChI is InChI=1S/C7H11BrO2/c1-4(8)5-3-6(5)7(9)10-2/h4-6H,3H2,1-2H3. The number of carbonyl (C=O) groups excluding carboxylic acids is 1. The van der Waals surface area contributed by atoms with Gasteiger partial charge in [-0.25, -0.2) is 0 Å². The van der Waals surface area contributed by atoms with Crippen LogP contribution in [-0.2, 0) is 9.53 Å². The lowest BCUT2D eigenvalue weighted by molar-refractivity contribution is -0.142. The summed E-state index contributed by atoms with van der Waals surface area (Å²) in [5.41, 5.74) is 0. The molecule has 0 spiro atoms. The van der Waals surface area contributed by atoms with E-state index in [0.29, 0.717) is 10.7 Å². The van der Waals surface area contributed by atoms with Crippen molar-refractivity contribution < 1.29 is 9.53 Å². The monoisotopic (exact) mass is 206 g/mol. The molecular formula is C7H11BrO2. The topological polar surface area (TPSA) is 26.3 Å².